The highest BCUT2D eigenvalue weighted by molar-refractivity contribution is 6.30. The van der Waals surface area contributed by atoms with Gasteiger partial charge in [0.15, 0.2) is 0 Å². The van der Waals surface area contributed by atoms with Gasteiger partial charge in [-0.2, -0.15) is 5.10 Å². The molecule has 0 aliphatic carbocycles. The summed E-state index contributed by atoms with van der Waals surface area (Å²) in [5.41, 5.74) is 2.04. The van der Waals surface area contributed by atoms with Crippen LogP contribution in [-0.2, 0) is 0 Å². The number of nitrogens with zero attached hydrogens (tertiary/aromatic N) is 2. The van der Waals surface area contributed by atoms with E-state index in [1.807, 2.05) is 19.1 Å². The van der Waals surface area contributed by atoms with Gasteiger partial charge in [-0.3, -0.25) is 4.79 Å². The SMILES string of the molecule is C#CCNC(=O)c1cnn(-c2cccc(Cl)c2)c1C. The Morgan fingerprint density at radius 2 is 2.37 bits per heavy atom. The van der Waals surface area contributed by atoms with E-state index in [9.17, 15) is 4.79 Å². The number of rotatable bonds is 3. The van der Waals surface area contributed by atoms with E-state index in [4.69, 9.17) is 18.0 Å². The van der Waals surface area contributed by atoms with Gasteiger partial charge in [0.05, 0.1) is 29.7 Å². The monoisotopic (exact) mass is 273 g/mol. The van der Waals surface area contributed by atoms with E-state index in [0.29, 0.717) is 10.6 Å². The summed E-state index contributed by atoms with van der Waals surface area (Å²) in [5, 5.41) is 7.43. The molecule has 0 fully saturated rings. The fourth-order valence-corrected chi connectivity index (χ4v) is 1.91. The maximum absolute atomic E-state index is 11.8. The first kappa shape index (κ1) is 13.2. The van der Waals surface area contributed by atoms with Gasteiger partial charge in [0.1, 0.15) is 0 Å². The van der Waals surface area contributed by atoms with Gasteiger partial charge >= 0.3 is 0 Å². The third-order valence-electron chi connectivity index (χ3n) is 2.66. The van der Waals surface area contributed by atoms with Crippen molar-refractivity contribution in [3.8, 4) is 18.0 Å². The molecule has 0 aliphatic heterocycles. The normalized spacial score (nSPS) is 9.95. The molecule has 4 nitrogen and oxygen atoms in total. The second-order valence-electron chi connectivity index (χ2n) is 3.92. The molecule has 0 radical (unpaired) electrons. The van der Waals surface area contributed by atoms with Crippen molar-refractivity contribution in [3.63, 3.8) is 0 Å². The van der Waals surface area contributed by atoms with Crippen LogP contribution in [-0.4, -0.2) is 22.2 Å². The lowest BCUT2D eigenvalue weighted by molar-refractivity contribution is 0.0958. The molecule has 1 aromatic heterocycles. The zero-order valence-corrected chi connectivity index (χ0v) is 11.1. The summed E-state index contributed by atoms with van der Waals surface area (Å²) in [6.45, 7) is 2.01. The molecule has 0 bridgehead atoms. The molecule has 0 saturated carbocycles. The van der Waals surface area contributed by atoms with Gasteiger partial charge in [-0.25, -0.2) is 4.68 Å². The Morgan fingerprint density at radius 3 is 3.05 bits per heavy atom. The molecular weight excluding hydrogens is 262 g/mol. The van der Waals surface area contributed by atoms with E-state index in [1.54, 1.807) is 16.8 Å². The van der Waals surface area contributed by atoms with E-state index in [0.717, 1.165) is 11.4 Å². The number of terminal acetylenes is 1. The first-order valence-electron chi connectivity index (χ1n) is 5.65. The van der Waals surface area contributed by atoms with Gasteiger partial charge in [0.2, 0.25) is 0 Å². The van der Waals surface area contributed by atoms with Crippen molar-refractivity contribution in [3.05, 3.63) is 46.7 Å². The van der Waals surface area contributed by atoms with Gasteiger partial charge in [-0.1, -0.05) is 23.6 Å². The van der Waals surface area contributed by atoms with Crippen molar-refractivity contribution in [1.29, 1.82) is 0 Å². The summed E-state index contributed by atoms with van der Waals surface area (Å²) in [4.78, 5) is 11.8. The third kappa shape index (κ3) is 2.78. The van der Waals surface area contributed by atoms with Crippen molar-refractivity contribution in [2.45, 2.75) is 6.92 Å². The number of hydrogen-bond acceptors (Lipinski definition) is 2. The van der Waals surface area contributed by atoms with Crippen LogP contribution in [0, 0.1) is 19.3 Å². The molecule has 2 aromatic rings. The van der Waals surface area contributed by atoms with E-state index < -0.39 is 0 Å². The number of halogens is 1. The summed E-state index contributed by atoms with van der Waals surface area (Å²) < 4.78 is 1.66. The number of benzene rings is 1. The average Bonchev–Trinajstić information content (AvgIpc) is 2.78. The summed E-state index contributed by atoms with van der Waals surface area (Å²) in [6, 6.07) is 7.26. The molecule has 0 aliphatic rings. The quantitative estimate of drug-likeness (QED) is 0.872. The topological polar surface area (TPSA) is 46.9 Å². The molecule has 1 heterocycles. The van der Waals surface area contributed by atoms with Gasteiger partial charge in [-0.05, 0) is 25.1 Å². The predicted octanol–water partition coefficient (Wildman–Crippen LogP) is 2.20. The van der Waals surface area contributed by atoms with Crippen molar-refractivity contribution in [2.24, 2.45) is 0 Å². The minimum Gasteiger partial charge on any atom is -0.341 e. The van der Waals surface area contributed by atoms with Crippen LogP contribution in [0.25, 0.3) is 5.69 Å². The van der Waals surface area contributed by atoms with Gasteiger partial charge in [0, 0.05) is 5.02 Å². The van der Waals surface area contributed by atoms with Gasteiger partial charge < -0.3 is 5.32 Å². The second kappa shape index (κ2) is 5.59. The molecule has 5 heteroatoms. The maximum Gasteiger partial charge on any atom is 0.255 e. The third-order valence-corrected chi connectivity index (χ3v) is 2.89. The van der Waals surface area contributed by atoms with Crippen LogP contribution in [0.3, 0.4) is 0 Å². The Labute approximate surface area is 116 Å². The zero-order valence-electron chi connectivity index (χ0n) is 10.4. The summed E-state index contributed by atoms with van der Waals surface area (Å²) >= 11 is 5.94. The zero-order chi connectivity index (χ0) is 13.8. The van der Waals surface area contributed by atoms with Crippen LogP contribution >= 0.6 is 11.6 Å². The molecule has 19 heavy (non-hydrogen) atoms. The van der Waals surface area contributed by atoms with Gasteiger partial charge in [0.25, 0.3) is 5.91 Å². The molecule has 1 amide bonds. The molecule has 96 valence electrons. The molecule has 0 saturated heterocycles. The minimum absolute atomic E-state index is 0.195. The van der Waals surface area contributed by atoms with Crippen molar-refractivity contribution < 1.29 is 4.79 Å². The number of aromatic nitrogens is 2. The van der Waals surface area contributed by atoms with Crippen LogP contribution in [0.5, 0.6) is 0 Å². The minimum atomic E-state index is -0.233. The van der Waals surface area contributed by atoms with Crippen molar-refractivity contribution in [1.82, 2.24) is 15.1 Å². The largest absolute Gasteiger partial charge is 0.341 e. The Kier molecular flexibility index (Phi) is 3.88. The lowest BCUT2D eigenvalue weighted by Crippen LogP contribution is -2.23. The lowest BCUT2D eigenvalue weighted by Gasteiger charge is -2.05. The number of carbonyl (C=O) groups excluding carboxylic acids is 1. The second-order valence-corrected chi connectivity index (χ2v) is 4.36. The highest BCUT2D eigenvalue weighted by Gasteiger charge is 2.14. The number of carbonyl (C=O) groups is 1. The molecule has 0 atom stereocenters. The van der Waals surface area contributed by atoms with Crippen molar-refractivity contribution >= 4 is 17.5 Å². The number of amides is 1. The van der Waals surface area contributed by atoms with E-state index in [1.165, 1.54) is 6.20 Å². The van der Waals surface area contributed by atoms with E-state index >= 15 is 0 Å². The molecule has 0 unspecified atom stereocenters. The lowest BCUT2D eigenvalue weighted by atomic mass is 10.2. The molecule has 1 aromatic carbocycles. The standard InChI is InChI=1S/C14H12ClN3O/c1-3-7-16-14(19)13-9-17-18(10(13)2)12-6-4-5-11(15)8-12/h1,4-6,8-9H,7H2,2H3,(H,16,19). The first-order valence-corrected chi connectivity index (χ1v) is 6.03. The summed E-state index contributed by atoms with van der Waals surface area (Å²) in [7, 11) is 0. The Hall–Kier alpha value is -2.25. The van der Waals surface area contributed by atoms with Crippen LogP contribution < -0.4 is 5.32 Å². The Bertz CT molecular complexity index is 655. The Balaban J connectivity index is 2.33. The van der Waals surface area contributed by atoms with Crippen LogP contribution in [0.1, 0.15) is 16.1 Å². The van der Waals surface area contributed by atoms with E-state index in [2.05, 4.69) is 16.3 Å². The summed E-state index contributed by atoms with van der Waals surface area (Å²) in [6.07, 6.45) is 6.62. The van der Waals surface area contributed by atoms with Crippen LogP contribution in [0.15, 0.2) is 30.5 Å². The summed E-state index contributed by atoms with van der Waals surface area (Å²) in [5.74, 6) is 2.12. The van der Waals surface area contributed by atoms with Crippen molar-refractivity contribution in [2.75, 3.05) is 6.54 Å². The van der Waals surface area contributed by atoms with Crippen LogP contribution in [0.4, 0.5) is 0 Å². The van der Waals surface area contributed by atoms with Gasteiger partial charge in [-0.15, -0.1) is 6.42 Å². The highest BCUT2D eigenvalue weighted by atomic mass is 35.5. The maximum atomic E-state index is 11.8. The number of nitrogens with one attached hydrogen (secondary N) is 1. The molecule has 0 spiro atoms. The fourth-order valence-electron chi connectivity index (χ4n) is 1.73. The fraction of sp³-hybridized carbons (Fsp3) is 0.143. The smallest absolute Gasteiger partial charge is 0.255 e. The Morgan fingerprint density at radius 1 is 1.58 bits per heavy atom. The van der Waals surface area contributed by atoms with Crippen LogP contribution in [0.2, 0.25) is 5.02 Å². The molecule has 1 N–H and O–H groups in total. The predicted molar refractivity (Wildman–Crippen MR) is 74.5 cm³/mol. The highest BCUT2D eigenvalue weighted by Crippen LogP contribution is 2.17. The molecule has 2 rings (SSSR count). The number of hydrogen-bond donors (Lipinski definition) is 1. The molecular formula is C14H12ClN3O. The average molecular weight is 274 g/mol. The first-order chi connectivity index (χ1) is 9.13. The van der Waals surface area contributed by atoms with E-state index in [-0.39, 0.29) is 12.5 Å².